The van der Waals surface area contributed by atoms with E-state index in [0.717, 1.165) is 19.4 Å². The number of Topliss-reactive ketones (excluding diaryl/α,β-unsaturated/α-hetero) is 1. The van der Waals surface area contributed by atoms with Crippen molar-refractivity contribution >= 4 is 5.78 Å². The number of ketones is 1. The van der Waals surface area contributed by atoms with Crippen LogP contribution in [0.25, 0.3) is 0 Å². The SMILES string of the molecule is CC(C)C(=O)CC1CCN(C2CCN(C(C)C)CC2(F)F)CC1. The van der Waals surface area contributed by atoms with Gasteiger partial charge in [-0.25, -0.2) is 8.78 Å². The van der Waals surface area contributed by atoms with Gasteiger partial charge in [0, 0.05) is 24.9 Å². The van der Waals surface area contributed by atoms with Crippen molar-refractivity contribution in [2.45, 2.75) is 71.4 Å². The zero-order valence-corrected chi connectivity index (χ0v) is 15.0. The van der Waals surface area contributed by atoms with E-state index in [2.05, 4.69) is 0 Å². The molecule has 3 nitrogen and oxygen atoms in total. The molecule has 2 aliphatic heterocycles. The summed E-state index contributed by atoms with van der Waals surface area (Å²) in [6.45, 7) is 9.86. The number of nitrogens with zero attached hydrogens (tertiary/aromatic N) is 2. The number of alkyl halides is 2. The van der Waals surface area contributed by atoms with Gasteiger partial charge < -0.3 is 0 Å². The van der Waals surface area contributed by atoms with Crippen LogP contribution in [0.2, 0.25) is 0 Å². The van der Waals surface area contributed by atoms with Gasteiger partial charge in [-0.15, -0.1) is 0 Å². The molecule has 2 aliphatic rings. The Hall–Kier alpha value is -0.550. The normalized spacial score (nSPS) is 27.7. The summed E-state index contributed by atoms with van der Waals surface area (Å²) in [5.41, 5.74) is 0. The van der Waals surface area contributed by atoms with Crippen LogP contribution in [0.5, 0.6) is 0 Å². The van der Waals surface area contributed by atoms with Crippen LogP contribution in [-0.2, 0) is 4.79 Å². The molecular weight excluding hydrogens is 298 g/mol. The summed E-state index contributed by atoms with van der Waals surface area (Å²) >= 11 is 0. The molecule has 2 rings (SSSR count). The van der Waals surface area contributed by atoms with Crippen molar-refractivity contribution in [1.29, 1.82) is 0 Å². The maximum absolute atomic E-state index is 14.5. The highest BCUT2D eigenvalue weighted by atomic mass is 19.3. The first-order valence-electron chi connectivity index (χ1n) is 9.09. The summed E-state index contributed by atoms with van der Waals surface area (Å²) < 4.78 is 29.1. The van der Waals surface area contributed by atoms with Crippen LogP contribution < -0.4 is 0 Å². The summed E-state index contributed by atoms with van der Waals surface area (Å²) in [6.07, 6.45) is 2.91. The third-order valence-corrected chi connectivity index (χ3v) is 5.55. The molecule has 1 unspecified atom stereocenters. The van der Waals surface area contributed by atoms with Gasteiger partial charge in [0.2, 0.25) is 0 Å². The van der Waals surface area contributed by atoms with Gasteiger partial charge in [0.1, 0.15) is 5.78 Å². The lowest BCUT2D eigenvalue weighted by Gasteiger charge is -2.46. The first kappa shape index (κ1) is 18.8. The third kappa shape index (κ3) is 4.72. The summed E-state index contributed by atoms with van der Waals surface area (Å²) in [4.78, 5) is 15.7. The van der Waals surface area contributed by atoms with E-state index in [-0.39, 0.29) is 18.5 Å². The van der Waals surface area contributed by atoms with Crippen molar-refractivity contribution in [3.63, 3.8) is 0 Å². The van der Waals surface area contributed by atoms with E-state index in [1.165, 1.54) is 0 Å². The molecule has 0 aliphatic carbocycles. The van der Waals surface area contributed by atoms with Crippen LogP contribution in [0.15, 0.2) is 0 Å². The number of hydrogen-bond acceptors (Lipinski definition) is 3. The first-order valence-corrected chi connectivity index (χ1v) is 9.09. The first-order chi connectivity index (χ1) is 10.7. The fraction of sp³-hybridized carbons (Fsp3) is 0.944. The zero-order valence-electron chi connectivity index (χ0n) is 15.0. The van der Waals surface area contributed by atoms with E-state index in [1.54, 1.807) is 0 Å². The molecule has 1 atom stereocenters. The summed E-state index contributed by atoms with van der Waals surface area (Å²) in [5.74, 6) is -1.87. The van der Waals surface area contributed by atoms with Gasteiger partial charge in [0.15, 0.2) is 0 Å². The number of halogens is 2. The maximum Gasteiger partial charge on any atom is 0.275 e. The van der Waals surface area contributed by atoms with Crippen LogP contribution in [0.3, 0.4) is 0 Å². The highest BCUT2D eigenvalue weighted by molar-refractivity contribution is 5.80. The molecule has 134 valence electrons. The Bertz CT molecular complexity index is 404. The Balaban J connectivity index is 1.86. The van der Waals surface area contributed by atoms with Crippen molar-refractivity contribution in [3.8, 4) is 0 Å². The molecule has 0 N–H and O–H groups in total. The molecule has 23 heavy (non-hydrogen) atoms. The molecule has 2 fully saturated rings. The molecule has 2 heterocycles. The highest BCUT2D eigenvalue weighted by Crippen LogP contribution is 2.35. The van der Waals surface area contributed by atoms with Gasteiger partial charge in [-0.2, -0.15) is 0 Å². The molecule has 0 aromatic carbocycles. The molecule has 0 aromatic heterocycles. The van der Waals surface area contributed by atoms with Crippen LogP contribution >= 0.6 is 0 Å². The number of likely N-dealkylation sites (tertiary alicyclic amines) is 2. The predicted molar refractivity (Wildman–Crippen MR) is 88.8 cm³/mol. The second-order valence-electron chi connectivity index (χ2n) is 7.93. The Kier molecular flexibility index (Phi) is 6.17. The average molecular weight is 330 g/mol. The van der Waals surface area contributed by atoms with Crippen molar-refractivity contribution in [3.05, 3.63) is 0 Å². The van der Waals surface area contributed by atoms with E-state index in [0.29, 0.717) is 37.6 Å². The number of carbonyl (C=O) groups excluding carboxylic acids is 1. The van der Waals surface area contributed by atoms with E-state index < -0.39 is 12.0 Å². The molecule has 0 amide bonds. The van der Waals surface area contributed by atoms with Crippen molar-refractivity contribution in [1.82, 2.24) is 9.80 Å². The quantitative estimate of drug-likeness (QED) is 0.771. The molecule has 0 aromatic rings. The number of carbonyl (C=O) groups is 1. The van der Waals surface area contributed by atoms with E-state index in [9.17, 15) is 13.6 Å². The fourth-order valence-corrected chi connectivity index (χ4v) is 3.83. The number of rotatable bonds is 5. The van der Waals surface area contributed by atoms with Gasteiger partial charge in [-0.3, -0.25) is 14.6 Å². The predicted octanol–water partition coefficient (Wildman–Crippen LogP) is 3.43. The van der Waals surface area contributed by atoms with Crippen molar-refractivity contribution in [2.75, 3.05) is 26.2 Å². The van der Waals surface area contributed by atoms with Crippen molar-refractivity contribution in [2.24, 2.45) is 11.8 Å². The number of piperidine rings is 2. The van der Waals surface area contributed by atoms with E-state index in [4.69, 9.17) is 0 Å². The Morgan fingerprint density at radius 3 is 2.17 bits per heavy atom. The molecule has 2 saturated heterocycles. The van der Waals surface area contributed by atoms with Crippen LogP contribution in [0, 0.1) is 11.8 Å². The van der Waals surface area contributed by atoms with Crippen molar-refractivity contribution < 1.29 is 13.6 Å². The molecular formula is C18H32F2N2O. The van der Waals surface area contributed by atoms with E-state index in [1.807, 2.05) is 37.5 Å². The zero-order chi connectivity index (χ0) is 17.2. The minimum atomic E-state index is -2.64. The molecule has 0 radical (unpaired) electrons. The standard InChI is InChI=1S/C18H32F2N2O/c1-13(2)16(23)11-15-5-8-21(9-6-15)17-7-10-22(14(3)4)12-18(17,19)20/h13-15,17H,5-12H2,1-4H3. The minimum Gasteiger partial charge on any atom is -0.299 e. The van der Waals surface area contributed by atoms with Crippen LogP contribution in [-0.4, -0.2) is 59.8 Å². The Labute approximate surface area is 139 Å². The van der Waals surface area contributed by atoms with Crippen LogP contribution in [0.4, 0.5) is 8.78 Å². The van der Waals surface area contributed by atoms with Crippen LogP contribution in [0.1, 0.15) is 53.4 Å². The third-order valence-electron chi connectivity index (χ3n) is 5.55. The average Bonchev–Trinajstić information content (AvgIpc) is 2.47. The lowest BCUT2D eigenvalue weighted by Crippen LogP contribution is -2.60. The second kappa shape index (κ2) is 7.56. The molecule has 0 saturated carbocycles. The summed E-state index contributed by atoms with van der Waals surface area (Å²) in [6, 6.07) is -0.450. The largest absolute Gasteiger partial charge is 0.299 e. The summed E-state index contributed by atoms with van der Waals surface area (Å²) in [7, 11) is 0. The van der Waals surface area contributed by atoms with Gasteiger partial charge in [-0.05, 0) is 52.1 Å². The monoisotopic (exact) mass is 330 g/mol. The second-order valence-corrected chi connectivity index (χ2v) is 7.93. The van der Waals surface area contributed by atoms with E-state index >= 15 is 0 Å². The van der Waals surface area contributed by atoms with Gasteiger partial charge in [0.05, 0.1) is 12.6 Å². The molecule has 5 heteroatoms. The lowest BCUT2D eigenvalue weighted by molar-refractivity contribution is -0.138. The molecule has 0 bridgehead atoms. The highest BCUT2D eigenvalue weighted by Gasteiger charge is 2.48. The number of hydrogen-bond donors (Lipinski definition) is 0. The topological polar surface area (TPSA) is 23.6 Å². The van der Waals surface area contributed by atoms with Gasteiger partial charge in [-0.1, -0.05) is 13.8 Å². The molecule has 0 spiro atoms. The maximum atomic E-state index is 14.5. The van der Waals surface area contributed by atoms with Gasteiger partial charge in [0.25, 0.3) is 5.92 Å². The lowest BCUT2D eigenvalue weighted by atomic mass is 9.87. The fourth-order valence-electron chi connectivity index (χ4n) is 3.83. The smallest absolute Gasteiger partial charge is 0.275 e. The minimum absolute atomic E-state index is 0.0812. The van der Waals surface area contributed by atoms with Gasteiger partial charge >= 0.3 is 0 Å². The summed E-state index contributed by atoms with van der Waals surface area (Å²) in [5, 5.41) is 0. The Morgan fingerprint density at radius 1 is 1.09 bits per heavy atom. The Morgan fingerprint density at radius 2 is 1.70 bits per heavy atom.